The lowest BCUT2D eigenvalue weighted by Crippen LogP contribution is -2.01. The third-order valence-electron chi connectivity index (χ3n) is 3.01. The van der Waals surface area contributed by atoms with E-state index in [1.807, 2.05) is 24.3 Å². The zero-order valence-electron chi connectivity index (χ0n) is 11.5. The van der Waals surface area contributed by atoms with Crippen LogP contribution in [0.5, 0.6) is 11.5 Å². The summed E-state index contributed by atoms with van der Waals surface area (Å²) < 4.78 is 5.62. The SMILES string of the molecule is CC(C)c1ccc(Oc2ccc(N)cc2C(=O)O)cc1. The first-order valence-corrected chi connectivity index (χ1v) is 6.38. The van der Waals surface area contributed by atoms with Crippen molar-refractivity contribution < 1.29 is 14.6 Å². The van der Waals surface area contributed by atoms with E-state index in [0.717, 1.165) is 0 Å². The van der Waals surface area contributed by atoms with Crippen LogP contribution in [0.3, 0.4) is 0 Å². The Morgan fingerprint density at radius 2 is 1.80 bits per heavy atom. The average molecular weight is 271 g/mol. The monoisotopic (exact) mass is 271 g/mol. The van der Waals surface area contributed by atoms with E-state index in [2.05, 4.69) is 13.8 Å². The summed E-state index contributed by atoms with van der Waals surface area (Å²) in [6.45, 7) is 4.22. The number of anilines is 1. The summed E-state index contributed by atoms with van der Waals surface area (Å²) in [6.07, 6.45) is 0. The van der Waals surface area contributed by atoms with Crippen molar-refractivity contribution in [1.82, 2.24) is 0 Å². The summed E-state index contributed by atoms with van der Waals surface area (Å²) in [6, 6.07) is 12.2. The van der Waals surface area contributed by atoms with Crippen LogP contribution in [0.4, 0.5) is 5.69 Å². The fourth-order valence-electron chi connectivity index (χ4n) is 1.85. The first-order valence-electron chi connectivity index (χ1n) is 6.38. The summed E-state index contributed by atoms with van der Waals surface area (Å²) >= 11 is 0. The number of ether oxygens (including phenoxy) is 1. The molecule has 0 bridgehead atoms. The fourth-order valence-corrected chi connectivity index (χ4v) is 1.85. The van der Waals surface area contributed by atoms with Gasteiger partial charge in [-0.25, -0.2) is 4.79 Å². The van der Waals surface area contributed by atoms with Crippen LogP contribution in [0.1, 0.15) is 35.7 Å². The largest absolute Gasteiger partial charge is 0.478 e. The van der Waals surface area contributed by atoms with Gasteiger partial charge < -0.3 is 15.6 Å². The topological polar surface area (TPSA) is 72.5 Å². The van der Waals surface area contributed by atoms with Gasteiger partial charge in [0.1, 0.15) is 17.1 Å². The van der Waals surface area contributed by atoms with Crippen LogP contribution in [0.2, 0.25) is 0 Å². The summed E-state index contributed by atoms with van der Waals surface area (Å²) in [4.78, 5) is 11.2. The molecule has 0 atom stereocenters. The maximum Gasteiger partial charge on any atom is 0.339 e. The molecule has 0 aliphatic heterocycles. The van der Waals surface area contributed by atoms with E-state index >= 15 is 0 Å². The number of carboxylic acid groups (broad SMARTS) is 1. The fraction of sp³-hybridized carbons (Fsp3) is 0.188. The highest BCUT2D eigenvalue weighted by Crippen LogP contribution is 2.28. The van der Waals surface area contributed by atoms with Gasteiger partial charge in [-0.3, -0.25) is 0 Å². The molecular formula is C16H17NO3. The molecule has 0 aliphatic carbocycles. The number of benzene rings is 2. The Bertz CT molecular complexity index is 618. The van der Waals surface area contributed by atoms with Crippen molar-refractivity contribution in [3.8, 4) is 11.5 Å². The molecule has 104 valence electrons. The molecule has 4 nitrogen and oxygen atoms in total. The van der Waals surface area contributed by atoms with Crippen molar-refractivity contribution in [2.75, 3.05) is 5.73 Å². The normalized spacial score (nSPS) is 10.6. The molecule has 2 rings (SSSR count). The minimum absolute atomic E-state index is 0.0536. The highest BCUT2D eigenvalue weighted by Gasteiger charge is 2.12. The predicted octanol–water partition coefficient (Wildman–Crippen LogP) is 3.88. The molecule has 2 aromatic carbocycles. The minimum atomic E-state index is -1.06. The van der Waals surface area contributed by atoms with Crippen molar-refractivity contribution in [1.29, 1.82) is 0 Å². The average Bonchev–Trinajstić information content (AvgIpc) is 2.41. The molecule has 20 heavy (non-hydrogen) atoms. The Balaban J connectivity index is 2.28. The summed E-state index contributed by atoms with van der Waals surface area (Å²) in [7, 11) is 0. The minimum Gasteiger partial charge on any atom is -0.478 e. The molecule has 0 heterocycles. The van der Waals surface area contributed by atoms with E-state index in [0.29, 0.717) is 17.4 Å². The standard InChI is InChI=1S/C16H17NO3/c1-10(2)11-3-6-13(7-4-11)20-15-8-5-12(17)9-14(15)16(18)19/h3-10H,17H2,1-2H3,(H,18,19). The Hall–Kier alpha value is -2.49. The molecule has 3 N–H and O–H groups in total. The molecule has 0 radical (unpaired) electrons. The quantitative estimate of drug-likeness (QED) is 0.828. The summed E-state index contributed by atoms with van der Waals surface area (Å²) in [5, 5.41) is 9.15. The molecule has 2 aromatic rings. The van der Waals surface area contributed by atoms with Crippen molar-refractivity contribution in [3.63, 3.8) is 0 Å². The molecule has 4 heteroatoms. The van der Waals surface area contributed by atoms with Crippen LogP contribution in [0.15, 0.2) is 42.5 Å². The van der Waals surface area contributed by atoms with E-state index in [1.165, 1.54) is 11.6 Å². The summed E-state index contributed by atoms with van der Waals surface area (Å²) in [5.41, 5.74) is 7.24. The maximum atomic E-state index is 11.2. The van der Waals surface area contributed by atoms with Gasteiger partial charge in [0.2, 0.25) is 0 Å². The highest BCUT2D eigenvalue weighted by atomic mass is 16.5. The van der Waals surface area contributed by atoms with Gasteiger partial charge in [-0.15, -0.1) is 0 Å². The van der Waals surface area contributed by atoms with Crippen molar-refractivity contribution in [2.24, 2.45) is 0 Å². The zero-order chi connectivity index (χ0) is 14.7. The number of carboxylic acids is 1. The second-order valence-electron chi connectivity index (χ2n) is 4.89. The van der Waals surface area contributed by atoms with Gasteiger partial charge in [0, 0.05) is 5.69 Å². The zero-order valence-corrected chi connectivity index (χ0v) is 11.5. The number of nitrogens with two attached hydrogens (primary N) is 1. The van der Waals surface area contributed by atoms with Gasteiger partial charge in [-0.2, -0.15) is 0 Å². The second kappa shape index (κ2) is 5.65. The lowest BCUT2D eigenvalue weighted by Gasteiger charge is -2.11. The van der Waals surface area contributed by atoms with Gasteiger partial charge in [-0.1, -0.05) is 26.0 Å². The Labute approximate surface area is 117 Å². The van der Waals surface area contributed by atoms with Crippen molar-refractivity contribution in [3.05, 3.63) is 53.6 Å². The molecule has 0 saturated carbocycles. The first kappa shape index (κ1) is 13.9. The van der Waals surface area contributed by atoms with Gasteiger partial charge in [0.05, 0.1) is 0 Å². The van der Waals surface area contributed by atoms with Gasteiger partial charge in [-0.05, 0) is 41.8 Å². The van der Waals surface area contributed by atoms with Crippen LogP contribution >= 0.6 is 0 Å². The van der Waals surface area contributed by atoms with Gasteiger partial charge >= 0.3 is 5.97 Å². The molecule has 0 aliphatic rings. The van der Waals surface area contributed by atoms with Crippen molar-refractivity contribution in [2.45, 2.75) is 19.8 Å². The van der Waals surface area contributed by atoms with E-state index in [9.17, 15) is 4.79 Å². The van der Waals surface area contributed by atoms with E-state index < -0.39 is 5.97 Å². The molecule has 0 spiro atoms. The Morgan fingerprint density at radius 3 is 2.35 bits per heavy atom. The second-order valence-corrected chi connectivity index (χ2v) is 4.89. The van der Waals surface area contributed by atoms with Gasteiger partial charge in [0.25, 0.3) is 0 Å². The van der Waals surface area contributed by atoms with Gasteiger partial charge in [0.15, 0.2) is 0 Å². The van der Waals surface area contributed by atoms with Crippen LogP contribution in [0.25, 0.3) is 0 Å². The lowest BCUT2D eigenvalue weighted by atomic mass is 10.0. The van der Waals surface area contributed by atoms with E-state index in [1.54, 1.807) is 12.1 Å². The molecule has 0 saturated heterocycles. The Morgan fingerprint density at radius 1 is 1.15 bits per heavy atom. The first-order chi connectivity index (χ1) is 9.47. The molecule has 0 unspecified atom stereocenters. The van der Waals surface area contributed by atoms with Crippen LogP contribution in [-0.2, 0) is 0 Å². The third-order valence-corrected chi connectivity index (χ3v) is 3.01. The number of carbonyl (C=O) groups is 1. The molecule has 0 amide bonds. The number of aromatic carboxylic acids is 1. The summed E-state index contributed by atoms with van der Waals surface area (Å²) in [5.74, 6) is 0.256. The lowest BCUT2D eigenvalue weighted by molar-refractivity contribution is 0.0694. The van der Waals surface area contributed by atoms with Crippen molar-refractivity contribution >= 4 is 11.7 Å². The smallest absolute Gasteiger partial charge is 0.339 e. The number of hydrogen-bond donors (Lipinski definition) is 2. The number of rotatable bonds is 4. The van der Waals surface area contributed by atoms with Crippen LogP contribution in [-0.4, -0.2) is 11.1 Å². The highest BCUT2D eigenvalue weighted by molar-refractivity contribution is 5.92. The Kier molecular flexibility index (Phi) is 3.94. The molecule has 0 aromatic heterocycles. The molecule has 0 fully saturated rings. The number of hydrogen-bond acceptors (Lipinski definition) is 3. The van der Waals surface area contributed by atoms with E-state index in [-0.39, 0.29) is 11.3 Å². The maximum absolute atomic E-state index is 11.2. The van der Waals surface area contributed by atoms with Crippen LogP contribution in [0, 0.1) is 0 Å². The third kappa shape index (κ3) is 3.09. The predicted molar refractivity (Wildman–Crippen MR) is 78.4 cm³/mol. The number of nitrogen functional groups attached to an aromatic ring is 1. The van der Waals surface area contributed by atoms with Crippen LogP contribution < -0.4 is 10.5 Å². The molecular weight excluding hydrogens is 254 g/mol. The van der Waals surface area contributed by atoms with E-state index in [4.69, 9.17) is 15.6 Å².